The Balaban J connectivity index is 2.90. The minimum absolute atomic E-state index is 0.0130. The van der Waals surface area contributed by atoms with Gasteiger partial charge in [-0.25, -0.2) is 4.39 Å². The van der Waals surface area contributed by atoms with Crippen molar-refractivity contribution < 1.29 is 19.2 Å². The van der Waals surface area contributed by atoms with Crippen LogP contribution in [0.25, 0.3) is 0 Å². The van der Waals surface area contributed by atoms with Crippen LogP contribution in [0.4, 0.5) is 15.8 Å². The lowest BCUT2D eigenvalue weighted by Crippen LogP contribution is -2.11. The quantitative estimate of drug-likeness (QED) is 0.601. The van der Waals surface area contributed by atoms with E-state index < -0.39 is 22.5 Å². The SMILES string of the molecule is COc1cc(NCCC(C)O)c(F)cc1[N+](=O)[O-]. The van der Waals surface area contributed by atoms with E-state index in [4.69, 9.17) is 9.84 Å². The molecular weight excluding hydrogens is 243 g/mol. The van der Waals surface area contributed by atoms with Crippen molar-refractivity contribution >= 4 is 11.4 Å². The predicted molar refractivity (Wildman–Crippen MR) is 64.4 cm³/mol. The molecule has 0 aliphatic heterocycles. The van der Waals surface area contributed by atoms with E-state index in [0.29, 0.717) is 13.0 Å². The van der Waals surface area contributed by atoms with Crippen molar-refractivity contribution in [3.8, 4) is 5.75 Å². The first-order chi connectivity index (χ1) is 8.45. The molecule has 0 saturated carbocycles. The first-order valence-corrected chi connectivity index (χ1v) is 5.39. The number of aliphatic hydroxyl groups excluding tert-OH is 1. The molecule has 0 radical (unpaired) electrons. The average Bonchev–Trinajstić information content (AvgIpc) is 2.30. The van der Waals surface area contributed by atoms with Gasteiger partial charge in [-0.2, -0.15) is 0 Å². The standard InChI is InChI=1S/C11H15FN2O4/c1-7(15)3-4-13-9-6-11(18-2)10(14(16)17)5-8(9)12/h5-7,13,15H,3-4H2,1-2H3. The van der Waals surface area contributed by atoms with Crippen molar-refractivity contribution in [1.82, 2.24) is 0 Å². The average molecular weight is 258 g/mol. The van der Waals surface area contributed by atoms with Crippen molar-refractivity contribution in [2.45, 2.75) is 19.4 Å². The van der Waals surface area contributed by atoms with Gasteiger partial charge in [0, 0.05) is 12.6 Å². The normalized spacial score (nSPS) is 12.0. The summed E-state index contributed by atoms with van der Waals surface area (Å²) < 4.78 is 18.4. The van der Waals surface area contributed by atoms with E-state index in [2.05, 4.69) is 5.32 Å². The van der Waals surface area contributed by atoms with E-state index in [-0.39, 0.29) is 11.4 Å². The lowest BCUT2D eigenvalue weighted by molar-refractivity contribution is -0.385. The maximum atomic E-state index is 13.6. The lowest BCUT2D eigenvalue weighted by atomic mass is 10.2. The Hall–Kier alpha value is -1.89. The van der Waals surface area contributed by atoms with E-state index >= 15 is 0 Å². The summed E-state index contributed by atoms with van der Waals surface area (Å²) in [4.78, 5) is 9.95. The van der Waals surface area contributed by atoms with E-state index in [1.807, 2.05) is 0 Å². The molecule has 0 heterocycles. The Kier molecular flexibility index (Phi) is 4.85. The van der Waals surface area contributed by atoms with Crippen LogP contribution in [-0.2, 0) is 0 Å². The third kappa shape index (κ3) is 3.56. The molecule has 0 fully saturated rings. The number of rotatable bonds is 6. The number of hydrogen-bond acceptors (Lipinski definition) is 5. The van der Waals surface area contributed by atoms with E-state index in [9.17, 15) is 14.5 Å². The Morgan fingerprint density at radius 1 is 1.61 bits per heavy atom. The number of ether oxygens (including phenoxy) is 1. The Morgan fingerprint density at radius 2 is 2.28 bits per heavy atom. The van der Waals surface area contributed by atoms with Crippen LogP contribution in [0.1, 0.15) is 13.3 Å². The van der Waals surface area contributed by atoms with Crippen LogP contribution in [0.5, 0.6) is 5.75 Å². The molecule has 2 N–H and O–H groups in total. The van der Waals surface area contributed by atoms with Gasteiger partial charge in [0.05, 0.1) is 29.9 Å². The molecule has 0 saturated heterocycles. The molecule has 7 heteroatoms. The summed E-state index contributed by atoms with van der Waals surface area (Å²) in [5.41, 5.74) is -0.311. The minimum atomic E-state index is -0.729. The fourth-order valence-corrected chi connectivity index (χ4v) is 1.40. The van der Waals surface area contributed by atoms with Crippen LogP contribution >= 0.6 is 0 Å². The summed E-state index contributed by atoms with van der Waals surface area (Å²) in [6.07, 6.45) is -0.0563. The molecule has 1 atom stereocenters. The molecule has 0 aromatic heterocycles. The Morgan fingerprint density at radius 3 is 2.78 bits per heavy atom. The number of nitrogens with one attached hydrogen (secondary N) is 1. The van der Waals surface area contributed by atoms with Crippen molar-refractivity contribution in [2.24, 2.45) is 0 Å². The van der Waals surface area contributed by atoms with Gasteiger partial charge in [-0.05, 0) is 13.3 Å². The van der Waals surface area contributed by atoms with Gasteiger partial charge in [0.1, 0.15) is 0 Å². The molecule has 1 unspecified atom stereocenters. The number of halogens is 1. The summed E-state index contributed by atoms with van der Waals surface area (Å²) in [6, 6.07) is 2.04. The van der Waals surface area contributed by atoms with E-state index in [1.54, 1.807) is 6.92 Å². The second-order valence-corrected chi connectivity index (χ2v) is 3.83. The van der Waals surface area contributed by atoms with E-state index in [1.165, 1.54) is 13.2 Å². The maximum Gasteiger partial charge on any atom is 0.313 e. The number of nitro benzene ring substituents is 1. The molecule has 0 spiro atoms. The number of anilines is 1. The maximum absolute atomic E-state index is 13.6. The first kappa shape index (κ1) is 14.2. The highest BCUT2D eigenvalue weighted by molar-refractivity contribution is 5.59. The van der Waals surface area contributed by atoms with Gasteiger partial charge in [-0.15, -0.1) is 0 Å². The van der Waals surface area contributed by atoms with Crippen molar-refractivity contribution in [3.05, 3.63) is 28.1 Å². The highest BCUT2D eigenvalue weighted by Gasteiger charge is 2.18. The summed E-state index contributed by atoms with van der Waals surface area (Å²) in [6.45, 7) is 1.98. The van der Waals surface area contributed by atoms with Crippen molar-refractivity contribution in [2.75, 3.05) is 19.0 Å². The molecule has 18 heavy (non-hydrogen) atoms. The highest BCUT2D eigenvalue weighted by Crippen LogP contribution is 2.32. The monoisotopic (exact) mass is 258 g/mol. The van der Waals surface area contributed by atoms with Gasteiger partial charge in [-0.1, -0.05) is 0 Å². The molecule has 0 bridgehead atoms. The van der Waals surface area contributed by atoms with E-state index in [0.717, 1.165) is 6.07 Å². The smallest absolute Gasteiger partial charge is 0.313 e. The highest BCUT2D eigenvalue weighted by atomic mass is 19.1. The summed E-state index contributed by atoms with van der Waals surface area (Å²) in [7, 11) is 1.28. The number of methoxy groups -OCH3 is 1. The molecule has 1 aromatic carbocycles. The molecule has 0 aliphatic rings. The van der Waals surface area contributed by atoms with Gasteiger partial charge >= 0.3 is 5.69 Å². The number of nitrogens with zero attached hydrogens (tertiary/aromatic N) is 1. The van der Waals surface area contributed by atoms with Crippen molar-refractivity contribution in [1.29, 1.82) is 0 Å². The molecule has 1 rings (SSSR count). The van der Waals surface area contributed by atoms with Crippen LogP contribution in [0, 0.1) is 15.9 Å². The summed E-state index contributed by atoms with van der Waals surface area (Å²) in [5.74, 6) is -0.742. The molecule has 6 nitrogen and oxygen atoms in total. The fraction of sp³-hybridized carbons (Fsp3) is 0.455. The number of benzene rings is 1. The van der Waals surface area contributed by atoms with Crippen LogP contribution < -0.4 is 10.1 Å². The second kappa shape index (κ2) is 6.15. The topological polar surface area (TPSA) is 84.6 Å². The second-order valence-electron chi connectivity index (χ2n) is 3.83. The minimum Gasteiger partial charge on any atom is -0.490 e. The number of nitro groups is 1. The lowest BCUT2D eigenvalue weighted by Gasteiger charge is -2.10. The molecule has 0 aliphatic carbocycles. The predicted octanol–water partition coefficient (Wildman–Crippen LogP) is 1.93. The zero-order valence-corrected chi connectivity index (χ0v) is 10.1. The summed E-state index contributed by atoms with van der Waals surface area (Å²) in [5, 5.41) is 22.5. The third-order valence-corrected chi connectivity index (χ3v) is 2.34. The molecular formula is C11H15FN2O4. The Labute approximate surface area is 104 Å². The molecule has 1 aromatic rings. The van der Waals surface area contributed by atoms with Gasteiger partial charge in [0.25, 0.3) is 0 Å². The van der Waals surface area contributed by atoms with Gasteiger partial charge < -0.3 is 15.2 Å². The van der Waals surface area contributed by atoms with Gasteiger partial charge in [-0.3, -0.25) is 10.1 Å². The largest absolute Gasteiger partial charge is 0.490 e. The van der Waals surface area contributed by atoms with Crippen LogP contribution in [0.2, 0.25) is 0 Å². The first-order valence-electron chi connectivity index (χ1n) is 5.39. The van der Waals surface area contributed by atoms with Crippen LogP contribution in [-0.4, -0.2) is 29.8 Å². The van der Waals surface area contributed by atoms with Crippen molar-refractivity contribution in [3.63, 3.8) is 0 Å². The zero-order valence-electron chi connectivity index (χ0n) is 10.1. The van der Waals surface area contributed by atoms with Gasteiger partial charge in [0.2, 0.25) is 0 Å². The summed E-state index contributed by atoms with van der Waals surface area (Å²) >= 11 is 0. The van der Waals surface area contributed by atoms with Gasteiger partial charge in [0.15, 0.2) is 11.6 Å². The van der Waals surface area contributed by atoms with Crippen LogP contribution in [0.15, 0.2) is 12.1 Å². The van der Waals surface area contributed by atoms with Crippen LogP contribution in [0.3, 0.4) is 0 Å². The molecule has 0 amide bonds. The Bertz CT molecular complexity index is 437. The molecule has 100 valence electrons. The number of hydrogen-bond donors (Lipinski definition) is 2. The number of aliphatic hydroxyl groups is 1. The fourth-order valence-electron chi connectivity index (χ4n) is 1.40. The third-order valence-electron chi connectivity index (χ3n) is 2.34. The zero-order chi connectivity index (χ0) is 13.7.